The molecule has 0 saturated heterocycles. The number of aromatic carboxylic acids is 1. The molecule has 0 spiro atoms. The number of non-ortho nitro benzene ring substituents is 1. The summed E-state index contributed by atoms with van der Waals surface area (Å²) in [7, 11) is 0. The van der Waals surface area contributed by atoms with Crippen LogP contribution < -0.4 is 10.1 Å². The Kier molecular flexibility index (Phi) is 5.65. The average molecular weight is 365 g/mol. The van der Waals surface area contributed by atoms with Gasteiger partial charge in [-0.05, 0) is 19.9 Å². The molecule has 1 aromatic heterocycles. The van der Waals surface area contributed by atoms with Gasteiger partial charge in [-0.25, -0.2) is 9.78 Å². The van der Waals surface area contributed by atoms with Crippen LogP contribution in [0.15, 0.2) is 24.3 Å². The lowest BCUT2D eigenvalue weighted by molar-refractivity contribution is -0.384. The van der Waals surface area contributed by atoms with Gasteiger partial charge in [-0.15, -0.1) is 11.3 Å². The molecule has 1 heterocycles. The van der Waals surface area contributed by atoms with Gasteiger partial charge in [0.1, 0.15) is 15.6 Å². The number of carbonyl (C=O) groups excluding carboxylic acids is 1. The number of ether oxygens (including phenoxy) is 1. The lowest BCUT2D eigenvalue weighted by Gasteiger charge is -2.12. The molecule has 1 aromatic carbocycles. The highest BCUT2D eigenvalue weighted by Crippen LogP contribution is 2.23. The van der Waals surface area contributed by atoms with E-state index in [1.54, 1.807) is 13.8 Å². The standard InChI is InChI=1S/C15H15N3O6S/c1-8-13(15(20)21)25-14(17-8)9(2)16-12(19)7-24-11-5-3-4-10(6-11)18(22)23/h3-6,9H,7H2,1-2H3,(H,16,19)(H,20,21). The topological polar surface area (TPSA) is 132 Å². The van der Waals surface area contributed by atoms with Crippen LogP contribution in [0, 0.1) is 17.0 Å². The fourth-order valence-electron chi connectivity index (χ4n) is 1.98. The van der Waals surface area contributed by atoms with Crippen LogP contribution in [0.1, 0.15) is 33.3 Å². The molecule has 1 amide bonds. The van der Waals surface area contributed by atoms with Crippen molar-refractivity contribution in [3.8, 4) is 5.75 Å². The van der Waals surface area contributed by atoms with Gasteiger partial charge in [0.25, 0.3) is 11.6 Å². The Bertz CT molecular complexity index is 819. The van der Waals surface area contributed by atoms with E-state index in [0.717, 1.165) is 11.3 Å². The zero-order valence-corrected chi connectivity index (χ0v) is 14.2. The highest BCUT2D eigenvalue weighted by molar-refractivity contribution is 7.13. The van der Waals surface area contributed by atoms with Gasteiger partial charge in [0.05, 0.1) is 22.7 Å². The van der Waals surface area contributed by atoms with Crippen molar-refractivity contribution in [3.05, 3.63) is 50.0 Å². The van der Waals surface area contributed by atoms with Crippen molar-refractivity contribution >= 4 is 28.9 Å². The number of amides is 1. The van der Waals surface area contributed by atoms with E-state index in [2.05, 4.69) is 10.3 Å². The summed E-state index contributed by atoms with van der Waals surface area (Å²) in [5.74, 6) is -1.31. The van der Waals surface area contributed by atoms with Crippen LogP contribution in [-0.4, -0.2) is 33.5 Å². The Labute approximate surface area is 146 Å². The smallest absolute Gasteiger partial charge is 0.347 e. The molecule has 0 aliphatic heterocycles. The third-order valence-electron chi connectivity index (χ3n) is 3.15. The fourth-order valence-corrected chi connectivity index (χ4v) is 2.89. The van der Waals surface area contributed by atoms with E-state index in [1.807, 2.05) is 0 Å². The SMILES string of the molecule is Cc1nc(C(C)NC(=O)COc2cccc([N+](=O)[O-])c2)sc1C(=O)O. The number of nitrogens with zero attached hydrogens (tertiary/aromatic N) is 2. The lowest BCUT2D eigenvalue weighted by Crippen LogP contribution is -2.31. The first-order valence-corrected chi connectivity index (χ1v) is 7.96. The van der Waals surface area contributed by atoms with Crippen LogP contribution in [0.2, 0.25) is 0 Å². The third kappa shape index (κ3) is 4.73. The minimum atomic E-state index is -1.06. The van der Waals surface area contributed by atoms with E-state index in [9.17, 15) is 19.7 Å². The summed E-state index contributed by atoms with van der Waals surface area (Å²) >= 11 is 0.996. The van der Waals surface area contributed by atoms with Gasteiger partial charge < -0.3 is 15.2 Å². The molecular formula is C15H15N3O6S. The number of hydrogen-bond donors (Lipinski definition) is 2. The number of carbonyl (C=O) groups is 2. The summed E-state index contributed by atoms with van der Waals surface area (Å²) in [6, 6.07) is 5.02. The van der Waals surface area contributed by atoms with Crippen LogP contribution in [-0.2, 0) is 4.79 Å². The highest BCUT2D eigenvalue weighted by atomic mass is 32.1. The normalized spacial score (nSPS) is 11.6. The van der Waals surface area contributed by atoms with E-state index in [-0.39, 0.29) is 22.9 Å². The molecule has 1 unspecified atom stereocenters. The molecule has 0 radical (unpaired) electrons. The minimum absolute atomic E-state index is 0.129. The van der Waals surface area contributed by atoms with Crippen molar-refractivity contribution in [2.45, 2.75) is 19.9 Å². The van der Waals surface area contributed by atoms with Crippen LogP contribution in [0.25, 0.3) is 0 Å². The van der Waals surface area contributed by atoms with Crippen molar-refractivity contribution in [3.63, 3.8) is 0 Å². The molecule has 2 N–H and O–H groups in total. The Morgan fingerprint density at radius 1 is 1.48 bits per heavy atom. The number of benzene rings is 1. The Morgan fingerprint density at radius 2 is 2.20 bits per heavy atom. The van der Waals surface area contributed by atoms with Crippen LogP contribution in [0.4, 0.5) is 5.69 Å². The summed E-state index contributed by atoms with van der Waals surface area (Å²) in [4.78, 5) is 37.4. The van der Waals surface area contributed by atoms with Gasteiger partial charge in [-0.3, -0.25) is 14.9 Å². The number of thiazole rings is 1. The van der Waals surface area contributed by atoms with Crippen molar-refractivity contribution in [1.29, 1.82) is 0 Å². The number of carboxylic acid groups (broad SMARTS) is 1. The first-order valence-electron chi connectivity index (χ1n) is 7.15. The first kappa shape index (κ1) is 18.3. The van der Waals surface area contributed by atoms with Gasteiger partial charge in [0.15, 0.2) is 6.61 Å². The minimum Gasteiger partial charge on any atom is -0.484 e. The molecular weight excluding hydrogens is 350 g/mol. The largest absolute Gasteiger partial charge is 0.484 e. The molecule has 10 heteroatoms. The predicted octanol–water partition coefficient (Wildman–Crippen LogP) is 2.31. The second kappa shape index (κ2) is 7.71. The first-order chi connectivity index (χ1) is 11.8. The van der Waals surface area contributed by atoms with Gasteiger partial charge >= 0.3 is 5.97 Å². The maximum absolute atomic E-state index is 11.9. The number of nitro groups is 1. The van der Waals surface area contributed by atoms with Crippen molar-refractivity contribution in [1.82, 2.24) is 10.3 Å². The molecule has 0 saturated carbocycles. The number of rotatable bonds is 7. The Morgan fingerprint density at radius 3 is 2.80 bits per heavy atom. The van der Waals surface area contributed by atoms with Gasteiger partial charge in [0, 0.05) is 6.07 Å². The summed E-state index contributed by atoms with van der Waals surface area (Å²) in [6.45, 7) is 2.93. The van der Waals surface area contributed by atoms with Gasteiger partial charge in [-0.2, -0.15) is 0 Å². The van der Waals surface area contributed by atoms with E-state index in [0.29, 0.717) is 10.7 Å². The molecule has 132 valence electrons. The van der Waals surface area contributed by atoms with E-state index < -0.39 is 22.8 Å². The van der Waals surface area contributed by atoms with Crippen molar-refractivity contribution < 1.29 is 24.4 Å². The maximum atomic E-state index is 11.9. The molecule has 2 rings (SSSR count). The van der Waals surface area contributed by atoms with Crippen molar-refractivity contribution in [2.24, 2.45) is 0 Å². The summed E-state index contributed by atoms with van der Waals surface area (Å²) in [5, 5.41) is 22.8. The number of aromatic nitrogens is 1. The van der Waals surface area contributed by atoms with Crippen LogP contribution in [0.3, 0.4) is 0 Å². The molecule has 0 fully saturated rings. The molecule has 2 aromatic rings. The molecule has 0 aliphatic rings. The number of nitrogens with one attached hydrogen (secondary N) is 1. The van der Waals surface area contributed by atoms with E-state index >= 15 is 0 Å². The number of nitro benzene ring substituents is 1. The summed E-state index contributed by atoms with van der Waals surface area (Å²) in [5.41, 5.74) is 0.257. The predicted molar refractivity (Wildman–Crippen MR) is 89.0 cm³/mol. The summed E-state index contributed by atoms with van der Waals surface area (Å²) < 4.78 is 5.23. The third-order valence-corrected chi connectivity index (χ3v) is 4.48. The number of aryl methyl sites for hydroxylation is 1. The number of carboxylic acids is 1. The highest BCUT2D eigenvalue weighted by Gasteiger charge is 2.19. The lowest BCUT2D eigenvalue weighted by atomic mass is 10.3. The quantitative estimate of drug-likeness (QED) is 0.568. The Hall–Kier alpha value is -3.01. The second-order valence-electron chi connectivity index (χ2n) is 5.10. The fraction of sp³-hybridized carbons (Fsp3) is 0.267. The van der Waals surface area contributed by atoms with Gasteiger partial charge in [-0.1, -0.05) is 6.07 Å². The molecule has 0 bridgehead atoms. The Balaban J connectivity index is 1.93. The molecule has 25 heavy (non-hydrogen) atoms. The van der Waals surface area contributed by atoms with Crippen molar-refractivity contribution in [2.75, 3.05) is 6.61 Å². The summed E-state index contributed by atoms with van der Waals surface area (Å²) in [6.07, 6.45) is 0. The van der Waals surface area contributed by atoms with E-state index in [1.165, 1.54) is 24.3 Å². The zero-order chi connectivity index (χ0) is 18.6. The molecule has 1 atom stereocenters. The second-order valence-corrected chi connectivity index (χ2v) is 6.13. The van der Waals surface area contributed by atoms with Crippen LogP contribution in [0.5, 0.6) is 5.75 Å². The van der Waals surface area contributed by atoms with E-state index in [4.69, 9.17) is 9.84 Å². The van der Waals surface area contributed by atoms with Gasteiger partial charge in [0.2, 0.25) is 0 Å². The van der Waals surface area contributed by atoms with Crippen LogP contribution >= 0.6 is 11.3 Å². The maximum Gasteiger partial charge on any atom is 0.347 e. The molecule has 9 nitrogen and oxygen atoms in total. The zero-order valence-electron chi connectivity index (χ0n) is 13.4. The number of hydrogen-bond acceptors (Lipinski definition) is 7. The monoisotopic (exact) mass is 365 g/mol. The average Bonchev–Trinajstić information content (AvgIpc) is 2.95. The molecule has 0 aliphatic carbocycles.